The predicted molar refractivity (Wildman–Crippen MR) is 145 cm³/mol. The minimum atomic E-state index is -1.15. The van der Waals surface area contributed by atoms with Crippen LogP contribution in [0.2, 0.25) is 0 Å². The molecular formula is C29H37N3O7. The first kappa shape index (κ1) is 29.5. The summed E-state index contributed by atoms with van der Waals surface area (Å²) in [5, 5.41) is 17.1. The van der Waals surface area contributed by atoms with Gasteiger partial charge in [0.25, 0.3) is 0 Å². The molecule has 0 bridgehead atoms. The molecule has 0 saturated heterocycles. The second-order valence-corrected chi connectivity index (χ2v) is 10.4. The van der Waals surface area contributed by atoms with Gasteiger partial charge in [-0.05, 0) is 62.3 Å². The number of carbonyl (C=O) groups is 4. The number of carboxylic acid groups (broad SMARTS) is 1. The van der Waals surface area contributed by atoms with Crippen molar-refractivity contribution in [2.75, 3.05) is 19.7 Å². The monoisotopic (exact) mass is 539 g/mol. The fraction of sp³-hybridized carbons (Fsp3) is 0.448. The van der Waals surface area contributed by atoms with E-state index in [0.29, 0.717) is 19.4 Å². The Morgan fingerprint density at radius 1 is 0.872 bits per heavy atom. The number of nitrogens with one attached hydrogen (secondary N) is 3. The Bertz CT molecular complexity index is 1130. The quantitative estimate of drug-likeness (QED) is 0.296. The van der Waals surface area contributed by atoms with Crippen LogP contribution in [0.25, 0.3) is 11.1 Å². The summed E-state index contributed by atoms with van der Waals surface area (Å²) in [7, 11) is 0. The van der Waals surface area contributed by atoms with Crippen LogP contribution in [-0.2, 0) is 19.1 Å². The second-order valence-electron chi connectivity index (χ2n) is 10.4. The van der Waals surface area contributed by atoms with E-state index < -0.39 is 35.7 Å². The van der Waals surface area contributed by atoms with Crippen LogP contribution >= 0.6 is 0 Å². The van der Waals surface area contributed by atoms with E-state index in [9.17, 15) is 24.3 Å². The highest BCUT2D eigenvalue weighted by Gasteiger charge is 2.29. The molecular weight excluding hydrogens is 502 g/mol. The van der Waals surface area contributed by atoms with E-state index in [1.807, 2.05) is 36.4 Å². The molecule has 0 radical (unpaired) electrons. The number of hydrogen-bond donors (Lipinski definition) is 4. The van der Waals surface area contributed by atoms with Gasteiger partial charge in [-0.1, -0.05) is 48.5 Å². The zero-order valence-corrected chi connectivity index (χ0v) is 22.6. The van der Waals surface area contributed by atoms with Gasteiger partial charge in [-0.15, -0.1) is 0 Å². The number of carboxylic acids is 1. The van der Waals surface area contributed by atoms with Crippen LogP contribution in [0.15, 0.2) is 48.5 Å². The maximum Gasteiger partial charge on any atom is 0.407 e. The molecule has 0 saturated carbocycles. The highest BCUT2D eigenvalue weighted by molar-refractivity contribution is 5.84. The van der Waals surface area contributed by atoms with E-state index in [1.165, 1.54) is 0 Å². The molecule has 1 aliphatic rings. The van der Waals surface area contributed by atoms with E-state index in [1.54, 1.807) is 20.8 Å². The number of aliphatic carboxylic acids is 1. The summed E-state index contributed by atoms with van der Waals surface area (Å²) in [6.07, 6.45) is -0.0513. The molecule has 3 rings (SSSR count). The molecule has 0 aliphatic heterocycles. The van der Waals surface area contributed by atoms with Gasteiger partial charge in [0.1, 0.15) is 18.2 Å². The standard InChI is InChI=1S/C29H37N3O7/c1-29(2,3)39-28(37)30-16-9-8-14-24(26(34)35)32-25(33)15-17-31-27(36)38-18-23-21-12-6-4-10-19(21)20-11-5-7-13-22(20)23/h4-7,10-13,23-24H,8-9,14-18H2,1-3H3,(H,30,37)(H,31,36)(H,32,33)(H,34,35)/t24-/m0/s1. The lowest BCUT2D eigenvalue weighted by molar-refractivity contribution is -0.142. The van der Waals surface area contributed by atoms with Crippen molar-refractivity contribution in [3.05, 3.63) is 59.7 Å². The molecule has 0 heterocycles. The fourth-order valence-electron chi connectivity index (χ4n) is 4.43. The number of unbranched alkanes of at least 4 members (excludes halogenated alkanes) is 1. The Balaban J connectivity index is 1.34. The number of alkyl carbamates (subject to hydrolysis) is 2. The molecule has 0 spiro atoms. The van der Waals surface area contributed by atoms with Gasteiger partial charge in [0.2, 0.25) is 5.91 Å². The molecule has 4 N–H and O–H groups in total. The minimum absolute atomic E-state index is 0.00859. The molecule has 1 aliphatic carbocycles. The number of hydrogen-bond acceptors (Lipinski definition) is 6. The summed E-state index contributed by atoms with van der Waals surface area (Å²) in [6, 6.07) is 15.0. The summed E-state index contributed by atoms with van der Waals surface area (Å²) >= 11 is 0. The number of fused-ring (bicyclic) bond motifs is 3. The molecule has 10 heteroatoms. The molecule has 0 fully saturated rings. The fourth-order valence-corrected chi connectivity index (χ4v) is 4.43. The average molecular weight is 540 g/mol. The molecule has 210 valence electrons. The molecule has 2 aromatic carbocycles. The van der Waals surface area contributed by atoms with Gasteiger partial charge < -0.3 is 30.5 Å². The van der Waals surface area contributed by atoms with Crippen LogP contribution < -0.4 is 16.0 Å². The van der Waals surface area contributed by atoms with E-state index in [2.05, 4.69) is 28.1 Å². The minimum Gasteiger partial charge on any atom is -0.480 e. The topological polar surface area (TPSA) is 143 Å². The highest BCUT2D eigenvalue weighted by atomic mass is 16.6. The first-order valence-electron chi connectivity index (χ1n) is 13.1. The Labute approximate surface area is 228 Å². The van der Waals surface area contributed by atoms with Crippen molar-refractivity contribution in [1.82, 2.24) is 16.0 Å². The summed E-state index contributed by atoms with van der Waals surface area (Å²) in [4.78, 5) is 47.7. The Kier molecular flexibility index (Phi) is 10.3. The zero-order valence-electron chi connectivity index (χ0n) is 22.6. The molecule has 0 unspecified atom stereocenters. The number of benzene rings is 2. The van der Waals surface area contributed by atoms with E-state index >= 15 is 0 Å². The van der Waals surface area contributed by atoms with Crippen LogP contribution in [0.4, 0.5) is 9.59 Å². The lowest BCUT2D eigenvalue weighted by atomic mass is 9.98. The van der Waals surface area contributed by atoms with Crippen molar-refractivity contribution >= 4 is 24.1 Å². The lowest BCUT2D eigenvalue weighted by Gasteiger charge is -2.19. The van der Waals surface area contributed by atoms with Crippen molar-refractivity contribution in [2.45, 2.75) is 64.0 Å². The van der Waals surface area contributed by atoms with Gasteiger partial charge in [0.15, 0.2) is 0 Å². The summed E-state index contributed by atoms with van der Waals surface area (Å²) < 4.78 is 10.6. The number of rotatable bonds is 12. The second kappa shape index (κ2) is 13.6. The molecule has 0 aromatic heterocycles. The number of carbonyl (C=O) groups excluding carboxylic acids is 3. The van der Waals surface area contributed by atoms with Gasteiger partial charge >= 0.3 is 18.2 Å². The molecule has 39 heavy (non-hydrogen) atoms. The first-order valence-corrected chi connectivity index (χ1v) is 13.1. The van der Waals surface area contributed by atoms with E-state index in [-0.39, 0.29) is 31.9 Å². The normalized spacial score (nSPS) is 13.0. The van der Waals surface area contributed by atoms with Crippen LogP contribution in [0.5, 0.6) is 0 Å². The third-order valence-electron chi connectivity index (χ3n) is 6.19. The zero-order chi connectivity index (χ0) is 28.4. The van der Waals surface area contributed by atoms with Gasteiger partial charge in [0, 0.05) is 25.4 Å². The maximum atomic E-state index is 12.3. The van der Waals surface area contributed by atoms with Crippen molar-refractivity contribution in [3.63, 3.8) is 0 Å². The number of amides is 3. The number of ether oxygens (including phenoxy) is 2. The van der Waals surface area contributed by atoms with Crippen molar-refractivity contribution < 1.29 is 33.8 Å². The summed E-state index contributed by atoms with van der Waals surface area (Å²) in [5.41, 5.74) is 3.87. The molecule has 3 amide bonds. The average Bonchev–Trinajstić information content (AvgIpc) is 3.19. The SMILES string of the molecule is CC(C)(C)OC(=O)NCCCC[C@H](NC(=O)CCNC(=O)OCC1c2ccccc2-c2ccccc21)C(=O)O. The van der Waals surface area contributed by atoms with E-state index in [0.717, 1.165) is 22.3 Å². The van der Waals surface area contributed by atoms with Gasteiger partial charge in [-0.2, -0.15) is 0 Å². The Morgan fingerprint density at radius 2 is 1.46 bits per heavy atom. The lowest BCUT2D eigenvalue weighted by Crippen LogP contribution is -2.42. The van der Waals surface area contributed by atoms with Crippen molar-refractivity contribution in [2.24, 2.45) is 0 Å². The summed E-state index contributed by atoms with van der Waals surface area (Å²) in [6.45, 7) is 5.80. The van der Waals surface area contributed by atoms with Crippen molar-refractivity contribution in [1.29, 1.82) is 0 Å². The van der Waals surface area contributed by atoms with Crippen LogP contribution in [0.1, 0.15) is 63.5 Å². The first-order chi connectivity index (χ1) is 18.5. The highest BCUT2D eigenvalue weighted by Crippen LogP contribution is 2.44. The smallest absolute Gasteiger partial charge is 0.407 e. The largest absolute Gasteiger partial charge is 0.480 e. The third kappa shape index (κ3) is 9.01. The molecule has 2 aromatic rings. The van der Waals surface area contributed by atoms with Crippen LogP contribution in [0.3, 0.4) is 0 Å². The maximum absolute atomic E-state index is 12.3. The van der Waals surface area contributed by atoms with Crippen LogP contribution in [-0.4, -0.2) is 60.5 Å². The molecule has 10 nitrogen and oxygen atoms in total. The van der Waals surface area contributed by atoms with E-state index in [4.69, 9.17) is 9.47 Å². The van der Waals surface area contributed by atoms with Crippen LogP contribution in [0, 0.1) is 0 Å². The third-order valence-corrected chi connectivity index (χ3v) is 6.19. The van der Waals surface area contributed by atoms with Gasteiger partial charge in [0.05, 0.1) is 0 Å². The predicted octanol–water partition coefficient (Wildman–Crippen LogP) is 4.18. The van der Waals surface area contributed by atoms with Crippen molar-refractivity contribution in [3.8, 4) is 11.1 Å². The Morgan fingerprint density at radius 3 is 2.05 bits per heavy atom. The Hall–Kier alpha value is -4.08. The van der Waals surface area contributed by atoms with Gasteiger partial charge in [-0.3, -0.25) is 4.79 Å². The molecule has 1 atom stereocenters. The summed E-state index contributed by atoms with van der Waals surface area (Å²) in [5.74, 6) is -1.71. The van der Waals surface area contributed by atoms with Gasteiger partial charge in [-0.25, -0.2) is 14.4 Å².